The van der Waals surface area contributed by atoms with Crippen LogP contribution in [0.15, 0.2) is 0 Å². The number of esters is 1. The first-order chi connectivity index (χ1) is 9.03. The van der Waals surface area contributed by atoms with E-state index in [0.717, 1.165) is 0 Å². The summed E-state index contributed by atoms with van der Waals surface area (Å²) in [6, 6.07) is -0.850. The third-order valence-corrected chi connectivity index (χ3v) is 2.54. The molecule has 0 radical (unpaired) electrons. The summed E-state index contributed by atoms with van der Waals surface area (Å²) in [5, 5.41) is 17.6. The van der Waals surface area contributed by atoms with E-state index in [2.05, 4.69) is 0 Å². The van der Waals surface area contributed by atoms with Gasteiger partial charge in [-0.25, -0.2) is 0 Å². The van der Waals surface area contributed by atoms with Crippen LogP contribution < -0.4 is 0 Å². The van der Waals surface area contributed by atoms with Crippen LogP contribution in [-0.4, -0.2) is 57.8 Å². The molecule has 1 unspecified atom stereocenters. The van der Waals surface area contributed by atoms with Crippen molar-refractivity contribution in [2.75, 3.05) is 13.1 Å². The molecular weight excluding hydrogens is 266 g/mol. The van der Waals surface area contributed by atoms with Gasteiger partial charge in [0.1, 0.15) is 11.6 Å². The van der Waals surface area contributed by atoms with E-state index in [1.165, 1.54) is 11.8 Å². The van der Waals surface area contributed by atoms with Crippen LogP contribution in [0.2, 0.25) is 0 Å². The molecule has 20 heavy (non-hydrogen) atoms. The summed E-state index contributed by atoms with van der Waals surface area (Å²) in [7, 11) is 0. The molecule has 0 bridgehead atoms. The first-order valence-corrected chi connectivity index (χ1v) is 6.43. The van der Waals surface area contributed by atoms with E-state index in [-0.39, 0.29) is 25.9 Å². The average molecular weight is 289 g/mol. The number of carboxylic acids is 2. The van der Waals surface area contributed by atoms with Gasteiger partial charge in [-0.1, -0.05) is 0 Å². The van der Waals surface area contributed by atoms with Gasteiger partial charge in [0.15, 0.2) is 0 Å². The van der Waals surface area contributed by atoms with Gasteiger partial charge in [0, 0.05) is 13.1 Å². The lowest BCUT2D eigenvalue weighted by Gasteiger charge is -2.26. The summed E-state index contributed by atoms with van der Waals surface area (Å²) < 4.78 is 5.12. The van der Waals surface area contributed by atoms with Crippen LogP contribution in [0.25, 0.3) is 0 Å². The predicted molar refractivity (Wildman–Crippen MR) is 71.4 cm³/mol. The van der Waals surface area contributed by atoms with Gasteiger partial charge in [0.05, 0.1) is 12.8 Å². The third-order valence-electron chi connectivity index (χ3n) is 2.54. The molecule has 2 N–H and O–H groups in total. The maximum absolute atomic E-state index is 11.6. The number of nitrogens with zero attached hydrogens (tertiary/aromatic N) is 1. The van der Waals surface area contributed by atoms with Crippen molar-refractivity contribution in [1.82, 2.24) is 4.90 Å². The van der Waals surface area contributed by atoms with Gasteiger partial charge in [-0.05, 0) is 27.7 Å². The molecule has 0 spiro atoms. The summed E-state index contributed by atoms with van der Waals surface area (Å²) >= 11 is 0. The highest BCUT2D eigenvalue weighted by molar-refractivity contribution is 5.73. The lowest BCUT2D eigenvalue weighted by molar-refractivity contribution is -0.156. The standard InChI is InChI=1S/C13H23NO6/c1-9(12(18)19)14(7-5-10(15)16)8-6-11(17)20-13(2,3)4/h9H,5-8H2,1-4H3,(H,15,16)(H,18,19). The number of carbonyl (C=O) groups is 3. The van der Waals surface area contributed by atoms with Crippen molar-refractivity contribution in [2.24, 2.45) is 0 Å². The molecule has 116 valence electrons. The topological polar surface area (TPSA) is 104 Å². The maximum Gasteiger partial charge on any atom is 0.320 e. The molecular formula is C13H23NO6. The number of hydrogen-bond acceptors (Lipinski definition) is 5. The van der Waals surface area contributed by atoms with Crippen molar-refractivity contribution < 1.29 is 29.3 Å². The van der Waals surface area contributed by atoms with Crippen molar-refractivity contribution in [3.8, 4) is 0 Å². The number of rotatable bonds is 8. The lowest BCUT2D eigenvalue weighted by atomic mass is 10.2. The molecule has 0 rings (SSSR count). The second kappa shape index (κ2) is 7.84. The first kappa shape index (κ1) is 18.4. The van der Waals surface area contributed by atoms with Crippen molar-refractivity contribution in [2.45, 2.75) is 52.2 Å². The van der Waals surface area contributed by atoms with E-state index in [9.17, 15) is 14.4 Å². The molecule has 0 saturated carbocycles. The fourth-order valence-electron chi connectivity index (χ4n) is 1.52. The zero-order valence-electron chi connectivity index (χ0n) is 12.4. The summed E-state index contributed by atoms with van der Waals surface area (Å²) in [6.07, 6.45) is -0.152. The van der Waals surface area contributed by atoms with Crippen LogP contribution >= 0.6 is 0 Å². The molecule has 0 heterocycles. The summed E-state index contributed by atoms with van der Waals surface area (Å²) in [6.45, 7) is 6.91. The molecule has 7 nitrogen and oxygen atoms in total. The monoisotopic (exact) mass is 289 g/mol. The third kappa shape index (κ3) is 8.47. The van der Waals surface area contributed by atoms with Gasteiger partial charge >= 0.3 is 17.9 Å². The molecule has 7 heteroatoms. The maximum atomic E-state index is 11.6. The molecule has 1 atom stereocenters. The fourth-order valence-corrected chi connectivity index (χ4v) is 1.52. The highest BCUT2D eigenvalue weighted by Crippen LogP contribution is 2.10. The largest absolute Gasteiger partial charge is 0.481 e. The van der Waals surface area contributed by atoms with E-state index in [1.807, 2.05) is 0 Å². The molecule has 0 aliphatic carbocycles. The van der Waals surface area contributed by atoms with Crippen LogP contribution in [0, 0.1) is 0 Å². The van der Waals surface area contributed by atoms with Gasteiger partial charge < -0.3 is 14.9 Å². The number of aliphatic carboxylic acids is 2. The Morgan fingerprint density at radius 2 is 1.60 bits per heavy atom. The highest BCUT2D eigenvalue weighted by atomic mass is 16.6. The van der Waals surface area contributed by atoms with E-state index < -0.39 is 29.6 Å². The Kier molecular flexibility index (Phi) is 7.20. The van der Waals surface area contributed by atoms with Crippen LogP contribution in [-0.2, 0) is 19.1 Å². The van der Waals surface area contributed by atoms with Gasteiger partial charge in [-0.2, -0.15) is 0 Å². The van der Waals surface area contributed by atoms with Gasteiger partial charge in [-0.15, -0.1) is 0 Å². The predicted octanol–water partition coefficient (Wildman–Crippen LogP) is 0.968. The lowest BCUT2D eigenvalue weighted by Crippen LogP contribution is -2.41. The Bertz CT molecular complexity index is 360. The van der Waals surface area contributed by atoms with Crippen molar-refractivity contribution in [3.05, 3.63) is 0 Å². The smallest absolute Gasteiger partial charge is 0.320 e. The van der Waals surface area contributed by atoms with E-state index in [1.54, 1.807) is 20.8 Å². The van der Waals surface area contributed by atoms with Gasteiger partial charge in [0.2, 0.25) is 0 Å². The second-order valence-electron chi connectivity index (χ2n) is 5.53. The number of ether oxygens (including phenoxy) is 1. The molecule has 0 aromatic carbocycles. The Hall–Kier alpha value is -1.63. The minimum atomic E-state index is -1.06. The Morgan fingerprint density at radius 1 is 1.10 bits per heavy atom. The number of carbonyl (C=O) groups excluding carboxylic acids is 1. The summed E-state index contributed by atoms with van der Waals surface area (Å²) in [5.74, 6) is -2.50. The molecule has 0 amide bonds. The Morgan fingerprint density at radius 3 is 2.00 bits per heavy atom. The molecule has 0 fully saturated rings. The SMILES string of the molecule is CC(C(=O)O)N(CCC(=O)O)CCC(=O)OC(C)(C)C. The Balaban J connectivity index is 4.46. The fraction of sp³-hybridized carbons (Fsp3) is 0.769. The number of hydrogen-bond donors (Lipinski definition) is 2. The van der Waals surface area contributed by atoms with E-state index >= 15 is 0 Å². The molecule has 0 saturated heterocycles. The average Bonchev–Trinajstić information content (AvgIpc) is 2.25. The molecule has 0 aliphatic rings. The number of carboxylic acid groups (broad SMARTS) is 2. The van der Waals surface area contributed by atoms with Crippen LogP contribution in [0.1, 0.15) is 40.5 Å². The van der Waals surface area contributed by atoms with E-state index in [0.29, 0.717) is 0 Å². The minimum absolute atomic E-state index is 0.0223. The van der Waals surface area contributed by atoms with Crippen molar-refractivity contribution >= 4 is 17.9 Å². The van der Waals surface area contributed by atoms with Gasteiger partial charge in [-0.3, -0.25) is 19.3 Å². The first-order valence-electron chi connectivity index (χ1n) is 6.43. The molecule has 0 aliphatic heterocycles. The van der Waals surface area contributed by atoms with Crippen LogP contribution in [0.4, 0.5) is 0 Å². The highest BCUT2D eigenvalue weighted by Gasteiger charge is 2.23. The summed E-state index contributed by atoms with van der Waals surface area (Å²) in [5.41, 5.74) is -0.596. The van der Waals surface area contributed by atoms with Gasteiger partial charge in [0.25, 0.3) is 0 Å². The zero-order valence-corrected chi connectivity index (χ0v) is 12.4. The quantitative estimate of drug-likeness (QED) is 0.641. The Labute approximate surface area is 118 Å². The molecule has 0 aromatic rings. The van der Waals surface area contributed by atoms with Crippen LogP contribution in [0.5, 0.6) is 0 Å². The normalized spacial score (nSPS) is 13.1. The second-order valence-corrected chi connectivity index (χ2v) is 5.53. The summed E-state index contributed by atoms with van der Waals surface area (Å²) in [4.78, 5) is 34.5. The minimum Gasteiger partial charge on any atom is -0.481 e. The van der Waals surface area contributed by atoms with Crippen molar-refractivity contribution in [1.29, 1.82) is 0 Å². The van der Waals surface area contributed by atoms with E-state index in [4.69, 9.17) is 14.9 Å². The molecule has 0 aromatic heterocycles. The van der Waals surface area contributed by atoms with Crippen molar-refractivity contribution in [3.63, 3.8) is 0 Å². The van der Waals surface area contributed by atoms with Crippen LogP contribution in [0.3, 0.4) is 0 Å². The zero-order chi connectivity index (χ0) is 15.9.